The third-order valence-electron chi connectivity index (χ3n) is 12.5. The van der Waals surface area contributed by atoms with E-state index in [0.717, 1.165) is 0 Å². The van der Waals surface area contributed by atoms with Crippen LogP contribution in [0.4, 0.5) is 0 Å². The van der Waals surface area contributed by atoms with Gasteiger partial charge in [0.2, 0.25) is 0 Å². The molecule has 0 spiro atoms. The molecular formula is C52H76Ca2Mg3O40. The third-order valence-corrected chi connectivity index (χ3v) is 12.5. The zero-order valence-corrected chi connectivity index (χ0v) is 62.4. The Kier molecular flexibility index (Phi) is 57.0. The van der Waals surface area contributed by atoms with Gasteiger partial charge in [-0.15, -0.1) is 0 Å². The second-order valence-electron chi connectivity index (χ2n) is 21.5. The predicted molar refractivity (Wildman–Crippen MR) is 294 cm³/mol. The minimum atomic E-state index is -2.72. The van der Waals surface area contributed by atoms with E-state index in [0.29, 0.717) is 18.8 Å². The van der Waals surface area contributed by atoms with E-state index >= 15 is 0 Å². The van der Waals surface area contributed by atoms with E-state index in [2.05, 4.69) is 11.7 Å². The van der Waals surface area contributed by atoms with Crippen LogP contribution in [-0.2, 0) is 90.6 Å². The summed E-state index contributed by atoms with van der Waals surface area (Å²) < 4.78 is 45.1. The number of aliphatic hydroxyl groups excluding tert-OH is 12. The molecule has 534 valence electrons. The SMILES string of the molecule is CC(C)C(=O)[O-].CC(C)CC(=O)[O-].CCC(=O)[O-].CCCC(=O)[O-].O=C([O-])[C@H]1O[C@H](O[C@H]2[C@H](O)[C@@H](O)[C@@H](O[C@H]3[C@H](O)[C@@H](O)[C@@H](O[C@H]4[C@H](O)[C@@H](O)[C@@H](O[C@H]5[C@H](O)[C@@H](O)[C@@H](O)O[C@@H]5C(=O)[O-])O[C@@H]4C(=O)[O-])O[C@@H]3C(=O)[O-])O[C@@H]2C(=O)[O-])[C@H](O)[C@@H](O)[C@@H]1O.[CH2-]C(=O)CC(C)C.[Ca+2].[Ca+2].[Mg+2].[Mg+2].[Mg+2]. The summed E-state index contributed by atoms with van der Waals surface area (Å²) >= 11 is 0. The van der Waals surface area contributed by atoms with Crippen LogP contribution in [0.1, 0.15) is 87.5 Å². The molecule has 45 heteroatoms. The van der Waals surface area contributed by atoms with Gasteiger partial charge < -0.3 is 205 Å². The van der Waals surface area contributed by atoms with Crippen molar-refractivity contribution in [1.82, 2.24) is 0 Å². The van der Waals surface area contributed by atoms with Crippen LogP contribution in [0.15, 0.2) is 0 Å². The van der Waals surface area contributed by atoms with Gasteiger partial charge >= 0.3 is 145 Å². The van der Waals surface area contributed by atoms with Crippen molar-refractivity contribution < 1.29 is 198 Å². The van der Waals surface area contributed by atoms with E-state index in [-0.39, 0.29) is 182 Å². The molecule has 25 atom stereocenters. The van der Waals surface area contributed by atoms with Gasteiger partial charge in [0.05, 0.1) is 29.8 Å². The number of Topliss-reactive ketones (excluding diaryl/α,β-unsaturated/α-hetero) is 1. The van der Waals surface area contributed by atoms with E-state index in [1.807, 2.05) is 27.7 Å². The van der Waals surface area contributed by atoms with Crippen LogP contribution in [0.2, 0.25) is 0 Å². The number of hydrogen-bond donors (Lipinski definition) is 12. The van der Waals surface area contributed by atoms with E-state index in [1.165, 1.54) is 6.92 Å². The molecule has 0 aromatic rings. The molecule has 0 bridgehead atoms. The average molecular weight is 1490 g/mol. The van der Waals surface area contributed by atoms with Crippen molar-refractivity contribution in [3.63, 3.8) is 0 Å². The molecular weight excluding hydrogens is 1420 g/mol. The van der Waals surface area contributed by atoms with Crippen molar-refractivity contribution in [1.29, 1.82) is 0 Å². The fourth-order valence-electron chi connectivity index (χ4n) is 7.83. The quantitative estimate of drug-likeness (QED) is 0.0375. The number of rotatable bonds is 21. The average Bonchev–Trinajstić information content (AvgIpc) is 0.776. The fraction of sp³-hybridized carbons (Fsp3) is 0.788. The van der Waals surface area contributed by atoms with E-state index < -0.39 is 207 Å². The molecule has 40 nitrogen and oxygen atoms in total. The summed E-state index contributed by atoms with van der Waals surface area (Å²) in [4.78, 5) is 107. The van der Waals surface area contributed by atoms with Gasteiger partial charge in [-0.05, 0) is 49.2 Å². The first-order chi connectivity index (χ1) is 42.3. The van der Waals surface area contributed by atoms with Gasteiger partial charge in [0.15, 0.2) is 31.5 Å². The summed E-state index contributed by atoms with van der Waals surface area (Å²) in [6, 6.07) is 0. The van der Waals surface area contributed by atoms with Gasteiger partial charge in [-0.2, -0.15) is 0 Å². The number of ether oxygens (including phenoxy) is 9. The van der Waals surface area contributed by atoms with Crippen LogP contribution in [0.25, 0.3) is 0 Å². The van der Waals surface area contributed by atoms with Crippen molar-refractivity contribution in [3.8, 4) is 0 Å². The van der Waals surface area contributed by atoms with Gasteiger partial charge in [0.25, 0.3) is 0 Å². The molecule has 0 amide bonds. The summed E-state index contributed by atoms with van der Waals surface area (Å²) in [5.41, 5.74) is 0. The Morgan fingerprint density at radius 3 is 0.794 bits per heavy atom. The van der Waals surface area contributed by atoms with E-state index in [9.17, 15) is 155 Å². The number of aliphatic carboxylic acids is 9. The molecule has 0 radical (unpaired) electrons. The standard InChI is InChI=1S/C30H42O31.C6H11O.C5H10O2.2C4H8O2.C3H6O2.2Ca.3Mg/c31-1-2(32)16(21(42)43)58-27(8(1)38)55-13-4(34)10(40)29(60-18(13)23(46)47)57-15-6(36)11(41)30(61-20(15)25(50)51)56-14-5(35)9(39)28(59-19(14)24(48)49)54-12-3(33)7(37)26(52)53-17(12)22(44)45;1-5(2)4-6(3)7;1-4(2)3-5(6)7;1-3(2)4(5)6;1-2-3-4(5)6;1-2-3(4)5;;;;;/h1-20,26-41,52H,(H,42,43)(H,44,45)(H,46,47)(H,48,49)(H,50,51);5H,3-4H2,1-2H3;4H,3H2,1-2H3,(H,6,7);3H,1-2H3,(H,5,6);2-3H2,1H3,(H,5,6);2H2,1H3,(H,4,5);;;;;/q;-1;;;;;5*+2/p-9/t1-,2-,3+,4+,5+,6+,7+,8+,9+,10+,11+,12-,13-,14-,15-,16-,17-,18-,19-,20-,26-,27-,28-,29-,30-;;;;;;;;;;/m0........../s1. The van der Waals surface area contributed by atoms with Crippen molar-refractivity contribution in [2.45, 2.75) is 241 Å². The molecule has 5 fully saturated rings. The first-order valence-corrected chi connectivity index (χ1v) is 27.6. The summed E-state index contributed by atoms with van der Waals surface area (Å²) in [5.74, 6) is -14.8. The number of hydrogen-bond acceptors (Lipinski definition) is 40. The van der Waals surface area contributed by atoms with Gasteiger partial charge in [-0.1, -0.05) is 61.8 Å². The van der Waals surface area contributed by atoms with E-state index in [1.54, 1.807) is 20.8 Å². The minimum absolute atomic E-state index is 0. The summed E-state index contributed by atoms with van der Waals surface area (Å²) in [7, 11) is 0. The number of ketones is 1. The molecule has 5 heterocycles. The Morgan fingerprint density at radius 1 is 0.371 bits per heavy atom. The summed E-state index contributed by atoms with van der Waals surface area (Å²) in [5, 5.41) is 222. The Labute approximate surface area is 661 Å². The van der Waals surface area contributed by atoms with Gasteiger partial charge in [-0.25, -0.2) is 0 Å². The van der Waals surface area contributed by atoms with Gasteiger partial charge in [-0.3, -0.25) is 0 Å². The van der Waals surface area contributed by atoms with E-state index in [4.69, 9.17) is 37.9 Å². The van der Waals surface area contributed by atoms with Crippen molar-refractivity contribution in [2.75, 3.05) is 0 Å². The van der Waals surface area contributed by atoms with Gasteiger partial charge in [0, 0.05) is 23.9 Å². The number of carboxylic acid groups (broad SMARTS) is 9. The Morgan fingerprint density at radius 2 is 0.619 bits per heavy atom. The molecule has 5 aliphatic heterocycles. The number of carboxylic acids is 9. The monoisotopic (exact) mass is 1490 g/mol. The zero-order chi connectivity index (χ0) is 71.8. The van der Waals surface area contributed by atoms with Crippen LogP contribution in [0.3, 0.4) is 0 Å². The van der Waals surface area contributed by atoms with Crippen LogP contribution < -0.4 is 46.0 Å². The van der Waals surface area contributed by atoms with Crippen molar-refractivity contribution in [2.24, 2.45) is 17.8 Å². The maximum atomic E-state index is 12.2. The maximum absolute atomic E-state index is 12.2. The molecule has 0 unspecified atom stereocenters. The molecule has 97 heavy (non-hydrogen) atoms. The van der Waals surface area contributed by atoms with Crippen LogP contribution in [-0.4, -0.2) is 419 Å². The molecule has 0 aliphatic carbocycles. The molecule has 0 aromatic carbocycles. The second-order valence-corrected chi connectivity index (χ2v) is 21.5. The number of aliphatic hydroxyl groups is 12. The van der Waals surface area contributed by atoms with Crippen LogP contribution in [0.5, 0.6) is 0 Å². The Bertz CT molecular complexity index is 2370. The van der Waals surface area contributed by atoms with Crippen LogP contribution >= 0.6 is 0 Å². The fourth-order valence-corrected chi connectivity index (χ4v) is 7.83. The first-order valence-electron chi connectivity index (χ1n) is 27.6. The molecule has 0 saturated carbocycles. The third kappa shape index (κ3) is 35.4. The molecule has 0 aromatic heterocycles. The number of carbonyl (C=O) groups is 10. The largest absolute Gasteiger partial charge is 2.00 e. The first kappa shape index (κ1) is 107. The smallest absolute Gasteiger partial charge is 0.550 e. The maximum Gasteiger partial charge on any atom is 2.00 e. The topological polar surface area (TPSA) is 704 Å². The number of carbonyl (C=O) groups excluding carboxylic acids is 10. The normalized spacial score (nSPS) is 33.9. The predicted octanol–water partition coefficient (Wildman–Crippen LogP) is -20.7. The summed E-state index contributed by atoms with van der Waals surface area (Å²) in [6.45, 7) is 17.4. The minimum Gasteiger partial charge on any atom is -0.550 e. The Hall–Kier alpha value is -1.25. The molecule has 5 rings (SSSR count). The van der Waals surface area contributed by atoms with Crippen LogP contribution in [0, 0.1) is 24.7 Å². The van der Waals surface area contributed by atoms with Crippen molar-refractivity contribution in [3.05, 3.63) is 6.92 Å². The Balaban J connectivity index is -0.000000476. The van der Waals surface area contributed by atoms with Gasteiger partial charge in [0.1, 0.15) is 122 Å². The molecule has 12 N–H and O–H groups in total. The zero-order valence-electron chi connectivity index (χ0n) is 53.7. The summed E-state index contributed by atoms with van der Waals surface area (Å²) in [6.07, 6.45) is -60.2. The second kappa shape index (κ2) is 51.8. The van der Waals surface area contributed by atoms with Crippen molar-refractivity contribution >= 4 is 204 Å². The molecule has 5 aliphatic rings. The molecule has 5 saturated heterocycles.